The van der Waals surface area contributed by atoms with Gasteiger partial charge in [0.15, 0.2) is 11.5 Å². The topological polar surface area (TPSA) is 114 Å². The van der Waals surface area contributed by atoms with Crippen molar-refractivity contribution in [3.63, 3.8) is 0 Å². The second-order valence-electron chi connectivity index (χ2n) is 9.03. The number of carbonyl (C=O) groups is 1. The summed E-state index contributed by atoms with van der Waals surface area (Å²) in [6.07, 6.45) is 2.51. The Hall–Kier alpha value is -2.96. The van der Waals surface area contributed by atoms with Crippen LogP contribution < -0.4 is 10.6 Å². The maximum Gasteiger partial charge on any atom is 0.345 e. The highest BCUT2D eigenvalue weighted by Crippen LogP contribution is 2.24. The molecule has 0 aliphatic carbocycles. The van der Waals surface area contributed by atoms with Crippen molar-refractivity contribution in [3.05, 3.63) is 41.3 Å². The molecule has 3 heterocycles. The zero-order chi connectivity index (χ0) is 26.0. The summed E-state index contributed by atoms with van der Waals surface area (Å²) < 4.78 is 45.7. The number of carbonyl (C=O) groups excluding carboxylic acids is 1. The van der Waals surface area contributed by atoms with E-state index in [1.807, 2.05) is 0 Å². The van der Waals surface area contributed by atoms with Crippen molar-refractivity contribution in [2.75, 3.05) is 18.4 Å². The minimum absolute atomic E-state index is 0.0250. The Morgan fingerprint density at radius 2 is 1.89 bits per heavy atom. The summed E-state index contributed by atoms with van der Waals surface area (Å²) >= 11 is 5.98. The van der Waals surface area contributed by atoms with E-state index in [2.05, 4.69) is 30.4 Å². The quantitative estimate of drug-likeness (QED) is 0.377. The monoisotopic (exact) mass is 514 g/mol. The van der Waals surface area contributed by atoms with Gasteiger partial charge in [0.25, 0.3) is 5.91 Å². The van der Waals surface area contributed by atoms with E-state index < -0.39 is 36.4 Å². The van der Waals surface area contributed by atoms with Crippen LogP contribution in [-0.2, 0) is 4.74 Å². The number of nitrogens with one attached hydrogen (secondary N) is 2. The smallest absolute Gasteiger partial charge is 0.345 e. The van der Waals surface area contributed by atoms with Gasteiger partial charge in [0.2, 0.25) is 0 Å². The number of aliphatic hydroxyl groups is 1. The van der Waals surface area contributed by atoms with Crippen molar-refractivity contribution >= 4 is 34.2 Å². The van der Waals surface area contributed by atoms with Gasteiger partial charge in [-0.1, -0.05) is 11.6 Å². The van der Waals surface area contributed by atoms with Crippen molar-refractivity contribution < 1.29 is 27.8 Å². The lowest BCUT2D eigenvalue weighted by Crippen LogP contribution is -2.42. The Labute approximate surface area is 204 Å². The molecule has 0 bridgehead atoms. The second-order valence-corrected chi connectivity index (χ2v) is 9.47. The first-order valence-corrected chi connectivity index (χ1v) is 11.0. The zero-order valence-corrected chi connectivity index (χ0v) is 20.3. The molecule has 0 spiro atoms. The van der Waals surface area contributed by atoms with Crippen molar-refractivity contribution in [2.24, 2.45) is 0 Å². The predicted octanol–water partition coefficient (Wildman–Crippen LogP) is 3.74. The molecule has 3 rings (SSSR count). The molecular weight excluding hydrogens is 489 g/mol. The Kier molecular flexibility index (Phi) is 7.87. The summed E-state index contributed by atoms with van der Waals surface area (Å²) in [6, 6.07) is 3.16. The molecule has 3 N–H and O–H groups in total. The predicted molar refractivity (Wildman–Crippen MR) is 125 cm³/mol. The SMILES string of the molecule is CC(C)(CNc1cc(-n2ncc3cc(Cl)cnc32)ncc1C(=O)NCC(F)C(C)(C)O)OC(F)F. The highest BCUT2D eigenvalue weighted by molar-refractivity contribution is 6.31. The van der Waals surface area contributed by atoms with Crippen LogP contribution in [-0.4, -0.2) is 67.8 Å². The van der Waals surface area contributed by atoms with Gasteiger partial charge < -0.3 is 20.5 Å². The van der Waals surface area contributed by atoms with Gasteiger partial charge in [0, 0.05) is 30.4 Å². The molecule has 0 saturated carbocycles. The van der Waals surface area contributed by atoms with Gasteiger partial charge in [-0.25, -0.2) is 14.4 Å². The molecule has 1 amide bonds. The van der Waals surface area contributed by atoms with E-state index in [1.54, 1.807) is 12.3 Å². The molecule has 0 radical (unpaired) electrons. The van der Waals surface area contributed by atoms with E-state index in [0.29, 0.717) is 16.1 Å². The van der Waals surface area contributed by atoms with Crippen LogP contribution in [0.4, 0.5) is 18.9 Å². The first kappa shape index (κ1) is 26.6. The van der Waals surface area contributed by atoms with Crippen molar-refractivity contribution in [1.29, 1.82) is 0 Å². The lowest BCUT2D eigenvalue weighted by molar-refractivity contribution is -0.191. The molecule has 190 valence electrons. The molecular formula is C22H26ClF3N6O3. The van der Waals surface area contributed by atoms with E-state index in [4.69, 9.17) is 11.6 Å². The van der Waals surface area contributed by atoms with Crippen LogP contribution in [0.15, 0.2) is 30.7 Å². The van der Waals surface area contributed by atoms with Crippen LogP contribution in [0.1, 0.15) is 38.1 Å². The van der Waals surface area contributed by atoms with Gasteiger partial charge in [-0.2, -0.15) is 18.6 Å². The number of rotatable bonds is 10. The number of hydrogen-bond donors (Lipinski definition) is 3. The van der Waals surface area contributed by atoms with Crippen LogP contribution in [0, 0.1) is 0 Å². The molecule has 0 aliphatic rings. The molecule has 1 atom stereocenters. The van der Waals surface area contributed by atoms with Crippen molar-refractivity contribution in [1.82, 2.24) is 25.1 Å². The molecule has 3 aromatic heterocycles. The standard InChI is InChI=1S/C22H26ClF3N6O3/c1-21(2,35-20(25)26)11-30-15-6-17(32-18-12(7-31-32)5-13(23)8-28-18)27-9-14(15)19(33)29-10-16(24)22(3,4)34/h5-9,16,20,34H,10-11H2,1-4H3,(H,27,30)(H,29,33). The van der Waals surface area contributed by atoms with E-state index >= 15 is 0 Å². The molecule has 9 nitrogen and oxygen atoms in total. The maximum absolute atomic E-state index is 14.1. The van der Waals surface area contributed by atoms with E-state index in [9.17, 15) is 23.1 Å². The third kappa shape index (κ3) is 6.80. The van der Waals surface area contributed by atoms with Gasteiger partial charge in [0.05, 0.1) is 40.2 Å². The van der Waals surface area contributed by atoms with Gasteiger partial charge in [-0.05, 0) is 33.8 Å². The van der Waals surface area contributed by atoms with Crippen molar-refractivity contribution in [3.8, 4) is 5.82 Å². The summed E-state index contributed by atoms with van der Waals surface area (Å²) in [5.41, 5.74) is -2.24. The summed E-state index contributed by atoms with van der Waals surface area (Å²) in [5, 5.41) is 20.5. The zero-order valence-electron chi connectivity index (χ0n) is 19.5. The first-order chi connectivity index (χ1) is 16.3. The minimum Gasteiger partial charge on any atom is -0.387 e. The molecule has 3 aromatic rings. The molecule has 0 aliphatic heterocycles. The largest absolute Gasteiger partial charge is 0.387 e. The van der Waals surface area contributed by atoms with Gasteiger partial charge in [-0.3, -0.25) is 4.79 Å². The first-order valence-electron chi connectivity index (χ1n) is 10.6. The van der Waals surface area contributed by atoms with Crippen LogP contribution in [0.25, 0.3) is 16.9 Å². The average Bonchev–Trinajstić information content (AvgIpc) is 3.17. The number of ether oxygens (including phenoxy) is 1. The molecule has 0 saturated heterocycles. The summed E-state index contributed by atoms with van der Waals surface area (Å²) in [5.74, 6) is -0.400. The molecule has 1 unspecified atom stereocenters. The third-order valence-electron chi connectivity index (χ3n) is 5.05. The number of halogens is 4. The molecule has 35 heavy (non-hydrogen) atoms. The minimum atomic E-state index is -2.99. The van der Waals surface area contributed by atoms with E-state index in [0.717, 1.165) is 0 Å². The van der Waals surface area contributed by atoms with Gasteiger partial charge in [-0.15, -0.1) is 0 Å². The number of aromatic nitrogens is 4. The number of alkyl halides is 3. The van der Waals surface area contributed by atoms with Gasteiger partial charge in [0.1, 0.15) is 6.17 Å². The Morgan fingerprint density at radius 3 is 2.54 bits per heavy atom. The summed E-state index contributed by atoms with van der Waals surface area (Å²) in [6.45, 7) is 1.96. The number of pyridine rings is 2. The Morgan fingerprint density at radius 1 is 1.17 bits per heavy atom. The number of nitrogens with zero attached hydrogens (tertiary/aromatic N) is 4. The lowest BCUT2D eigenvalue weighted by atomic mass is 10.0. The molecule has 13 heteroatoms. The van der Waals surface area contributed by atoms with Crippen LogP contribution in [0.5, 0.6) is 0 Å². The fraction of sp³-hybridized carbons (Fsp3) is 0.455. The van der Waals surface area contributed by atoms with Crippen LogP contribution >= 0.6 is 11.6 Å². The fourth-order valence-electron chi connectivity index (χ4n) is 3.07. The Bertz CT molecular complexity index is 1200. The van der Waals surface area contributed by atoms with Crippen LogP contribution in [0.2, 0.25) is 5.02 Å². The fourth-order valence-corrected chi connectivity index (χ4v) is 3.23. The number of anilines is 1. The normalized spacial score (nSPS) is 13.3. The van der Waals surface area contributed by atoms with Crippen molar-refractivity contribution in [2.45, 2.75) is 51.7 Å². The lowest BCUT2D eigenvalue weighted by Gasteiger charge is -2.26. The highest BCUT2D eigenvalue weighted by Gasteiger charge is 2.28. The average molecular weight is 515 g/mol. The maximum atomic E-state index is 14.1. The second kappa shape index (κ2) is 10.3. The third-order valence-corrected chi connectivity index (χ3v) is 5.25. The van der Waals surface area contributed by atoms with Crippen LogP contribution in [0.3, 0.4) is 0 Å². The molecule has 0 fully saturated rings. The number of hydrogen-bond acceptors (Lipinski definition) is 7. The number of amides is 1. The number of fused-ring (bicyclic) bond motifs is 1. The highest BCUT2D eigenvalue weighted by atomic mass is 35.5. The van der Waals surface area contributed by atoms with E-state index in [1.165, 1.54) is 50.8 Å². The van der Waals surface area contributed by atoms with E-state index in [-0.39, 0.29) is 23.6 Å². The van der Waals surface area contributed by atoms with Gasteiger partial charge >= 0.3 is 6.61 Å². The Balaban J connectivity index is 1.93. The summed E-state index contributed by atoms with van der Waals surface area (Å²) in [4.78, 5) is 21.3. The summed E-state index contributed by atoms with van der Waals surface area (Å²) in [7, 11) is 0. The molecule has 0 aromatic carbocycles.